The monoisotopic (exact) mass is 451 g/mol. The van der Waals surface area contributed by atoms with Crippen LogP contribution in [0, 0.1) is 5.82 Å². The second-order valence-corrected chi connectivity index (χ2v) is 7.97. The van der Waals surface area contributed by atoms with Crippen molar-refractivity contribution < 1.29 is 23.8 Å². The van der Waals surface area contributed by atoms with Gasteiger partial charge in [-0.1, -0.05) is 12.1 Å². The fourth-order valence-corrected chi connectivity index (χ4v) is 3.96. The zero-order valence-electron chi connectivity index (χ0n) is 17.0. The zero-order valence-corrected chi connectivity index (χ0v) is 17.9. The fraction of sp³-hybridized carbons (Fsp3) is 0.400. The van der Waals surface area contributed by atoms with E-state index in [-0.39, 0.29) is 26.1 Å². The van der Waals surface area contributed by atoms with Crippen LogP contribution in [0.5, 0.6) is 5.75 Å². The van der Waals surface area contributed by atoms with Gasteiger partial charge in [-0.05, 0) is 36.1 Å². The maximum absolute atomic E-state index is 13.1. The largest absolute Gasteiger partial charge is 0.501 e. The van der Waals surface area contributed by atoms with Gasteiger partial charge in [0.05, 0.1) is 7.11 Å². The van der Waals surface area contributed by atoms with Crippen LogP contribution in [-0.2, 0) is 22.6 Å². The first-order valence-electron chi connectivity index (χ1n) is 9.49. The molecule has 1 aliphatic rings. The van der Waals surface area contributed by atoms with Crippen LogP contribution in [0.15, 0.2) is 33.9 Å². The second-order valence-electron chi connectivity index (χ2n) is 6.98. The van der Waals surface area contributed by atoms with Crippen molar-refractivity contribution in [2.24, 2.45) is 0 Å². The number of aromatic nitrogens is 2. The molecule has 0 fully saturated rings. The van der Waals surface area contributed by atoms with E-state index in [0.29, 0.717) is 15.9 Å². The number of carbonyl (C=O) groups is 2. The molecule has 11 heteroatoms. The summed E-state index contributed by atoms with van der Waals surface area (Å²) >= 11 is 1.42. The van der Waals surface area contributed by atoms with Crippen LogP contribution >= 0.6 is 11.8 Å². The van der Waals surface area contributed by atoms with Gasteiger partial charge in [-0.2, -0.15) is 11.8 Å². The molecular formula is C20H22FN3O6S. The average Bonchev–Trinajstić information content (AvgIpc) is 2.76. The van der Waals surface area contributed by atoms with E-state index in [1.807, 2.05) is 6.26 Å². The highest BCUT2D eigenvalue weighted by Gasteiger charge is 2.35. The summed E-state index contributed by atoms with van der Waals surface area (Å²) in [4.78, 5) is 52.4. The first-order chi connectivity index (χ1) is 14.8. The summed E-state index contributed by atoms with van der Waals surface area (Å²) in [6.45, 7) is 0.272. The molecule has 166 valence electrons. The van der Waals surface area contributed by atoms with Crippen molar-refractivity contribution in [3.05, 3.63) is 62.2 Å². The Bertz CT molecular complexity index is 1110. The molecule has 2 heterocycles. The van der Waals surface area contributed by atoms with E-state index < -0.39 is 46.4 Å². The van der Waals surface area contributed by atoms with E-state index in [1.54, 1.807) is 0 Å². The summed E-state index contributed by atoms with van der Waals surface area (Å²) in [5.74, 6) is -2.32. The van der Waals surface area contributed by atoms with E-state index in [1.165, 1.54) is 40.9 Å². The number of thioether (sulfide) groups is 1. The minimum Gasteiger partial charge on any atom is -0.501 e. The molecule has 1 aromatic heterocycles. The summed E-state index contributed by atoms with van der Waals surface area (Å²) in [5, 5.41) is 10.5. The molecule has 1 aromatic carbocycles. The van der Waals surface area contributed by atoms with Crippen molar-refractivity contribution in [3.63, 3.8) is 0 Å². The Hall–Kier alpha value is -3.08. The number of ether oxygens (including phenoxy) is 1. The third-order valence-electron chi connectivity index (χ3n) is 5.10. The molecule has 9 nitrogen and oxygen atoms in total. The van der Waals surface area contributed by atoms with Crippen LogP contribution in [-0.4, -0.2) is 56.7 Å². The van der Waals surface area contributed by atoms with Gasteiger partial charge in [0.25, 0.3) is 11.5 Å². The lowest BCUT2D eigenvalue weighted by molar-refractivity contribution is -0.144. The molecule has 1 aliphatic heterocycles. The van der Waals surface area contributed by atoms with Crippen LogP contribution in [0.1, 0.15) is 28.5 Å². The number of hydrogen-bond donors (Lipinski definition) is 1. The van der Waals surface area contributed by atoms with Gasteiger partial charge in [-0.3, -0.25) is 14.2 Å². The standard InChI is InChI=1S/C20H22FN3O6S/c1-30-19(28)14(7-10-31-2)24-18(27)16(25)15-17(26)22(8-9-23(15)20(24)29)11-12-3-5-13(21)6-4-12/h3-6,14,25H,7-11H2,1-2H3. The van der Waals surface area contributed by atoms with Gasteiger partial charge in [0.1, 0.15) is 11.9 Å². The smallest absolute Gasteiger partial charge is 0.332 e. The topological polar surface area (TPSA) is 111 Å². The molecular weight excluding hydrogens is 429 g/mol. The first kappa shape index (κ1) is 22.6. The Labute approximate surface area is 181 Å². The third-order valence-corrected chi connectivity index (χ3v) is 5.75. The average molecular weight is 451 g/mol. The van der Waals surface area contributed by atoms with Crippen LogP contribution in [0.25, 0.3) is 0 Å². The number of nitrogens with zero attached hydrogens (tertiary/aromatic N) is 3. The number of methoxy groups -OCH3 is 1. The van der Waals surface area contributed by atoms with Gasteiger partial charge in [0.2, 0.25) is 5.75 Å². The summed E-state index contributed by atoms with van der Waals surface area (Å²) < 4.78 is 19.5. The van der Waals surface area contributed by atoms with Crippen molar-refractivity contribution in [1.82, 2.24) is 14.0 Å². The number of carbonyl (C=O) groups excluding carboxylic acids is 2. The van der Waals surface area contributed by atoms with E-state index >= 15 is 0 Å². The molecule has 0 bridgehead atoms. The second kappa shape index (κ2) is 9.38. The molecule has 3 rings (SSSR count). The molecule has 1 N–H and O–H groups in total. The van der Waals surface area contributed by atoms with Crippen LogP contribution in [0.2, 0.25) is 0 Å². The number of rotatable bonds is 7. The Morgan fingerprint density at radius 3 is 2.52 bits per heavy atom. The summed E-state index contributed by atoms with van der Waals surface area (Å²) in [6.07, 6.45) is 1.95. The quantitative estimate of drug-likeness (QED) is 0.625. The molecule has 0 saturated heterocycles. The fourth-order valence-electron chi connectivity index (χ4n) is 3.51. The highest BCUT2D eigenvalue weighted by molar-refractivity contribution is 7.98. The van der Waals surface area contributed by atoms with Crippen molar-refractivity contribution in [1.29, 1.82) is 0 Å². The molecule has 2 aromatic rings. The molecule has 0 saturated carbocycles. The van der Waals surface area contributed by atoms with Gasteiger partial charge >= 0.3 is 11.7 Å². The zero-order chi connectivity index (χ0) is 22.7. The Balaban J connectivity index is 2.02. The van der Waals surface area contributed by atoms with Gasteiger partial charge < -0.3 is 14.7 Å². The van der Waals surface area contributed by atoms with E-state index in [2.05, 4.69) is 0 Å². The minimum absolute atomic E-state index is 0.0192. The predicted molar refractivity (Wildman–Crippen MR) is 112 cm³/mol. The lowest BCUT2D eigenvalue weighted by Gasteiger charge is -2.30. The highest BCUT2D eigenvalue weighted by Crippen LogP contribution is 2.21. The predicted octanol–water partition coefficient (Wildman–Crippen LogP) is 0.978. The van der Waals surface area contributed by atoms with Crippen molar-refractivity contribution >= 4 is 23.6 Å². The van der Waals surface area contributed by atoms with E-state index in [4.69, 9.17) is 4.74 Å². The van der Waals surface area contributed by atoms with Gasteiger partial charge in [0, 0.05) is 19.6 Å². The summed E-state index contributed by atoms with van der Waals surface area (Å²) in [7, 11) is 1.15. The van der Waals surface area contributed by atoms with Gasteiger partial charge in [-0.25, -0.2) is 18.5 Å². The molecule has 0 spiro atoms. The highest BCUT2D eigenvalue weighted by atomic mass is 32.2. The first-order valence-corrected chi connectivity index (χ1v) is 10.9. The van der Waals surface area contributed by atoms with Crippen LogP contribution in [0.3, 0.4) is 0 Å². The van der Waals surface area contributed by atoms with Crippen molar-refractivity contribution in [2.75, 3.05) is 25.7 Å². The van der Waals surface area contributed by atoms with Crippen LogP contribution in [0.4, 0.5) is 4.39 Å². The minimum atomic E-state index is -1.21. The maximum atomic E-state index is 13.1. The molecule has 0 radical (unpaired) electrons. The Morgan fingerprint density at radius 1 is 1.23 bits per heavy atom. The van der Waals surface area contributed by atoms with E-state index in [0.717, 1.165) is 11.7 Å². The lowest BCUT2D eigenvalue weighted by Crippen LogP contribution is -2.51. The van der Waals surface area contributed by atoms with Gasteiger partial charge in [0.15, 0.2) is 5.69 Å². The number of halogens is 1. The molecule has 1 unspecified atom stereocenters. The SMILES string of the molecule is COC(=O)C(CCSC)n1c(=O)c(O)c2n(c1=O)CCN(Cc1ccc(F)cc1)C2=O. The summed E-state index contributed by atoms with van der Waals surface area (Å²) in [6, 6.07) is 4.36. The molecule has 1 amide bonds. The van der Waals surface area contributed by atoms with Crippen molar-refractivity contribution in [3.8, 4) is 5.75 Å². The maximum Gasteiger partial charge on any atom is 0.332 e. The summed E-state index contributed by atoms with van der Waals surface area (Å²) in [5.41, 5.74) is -1.75. The number of amides is 1. The number of aromatic hydroxyl groups is 1. The van der Waals surface area contributed by atoms with Crippen LogP contribution < -0.4 is 11.2 Å². The molecule has 31 heavy (non-hydrogen) atoms. The Morgan fingerprint density at radius 2 is 1.90 bits per heavy atom. The third kappa shape index (κ3) is 4.36. The lowest BCUT2D eigenvalue weighted by atomic mass is 10.1. The number of fused-ring (bicyclic) bond motifs is 1. The van der Waals surface area contributed by atoms with Gasteiger partial charge in [-0.15, -0.1) is 0 Å². The number of hydrogen-bond acceptors (Lipinski definition) is 7. The molecule has 1 atom stereocenters. The Kier molecular flexibility index (Phi) is 6.84. The molecule has 0 aliphatic carbocycles. The van der Waals surface area contributed by atoms with E-state index in [9.17, 15) is 28.7 Å². The number of esters is 1. The van der Waals surface area contributed by atoms with Crippen molar-refractivity contribution in [2.45, 2.75) is 25.6 Å². The normalized spacial score (nSPS) is 14.3. The number of benzene rings is 1.